The molecule has 196 valence electrons. The highest BCUT2D eigenvalue weighted by atomic mass is 16.8. The first kappa shape index (κ1) is 26.2. The van der Waals surface area contributed by atoms with Crippen LogP contribution in [0.1, 0.15) is 35.3 Å². The molecule has 3 aromatic carbocycles. The van der Waals surface area contributed by atoms with Crippen LogP contribution in [0, 0.1) is 0 Å². The number of nitrogens with zero attached hydrogens (tertiary/aromatic N) is 3. The fraction of sp³-hybridized carbons (Fsp3) is 0.214. The first-order chi connectivity index (χ1) is 18.5. The van der Waals surface area contributed by atoms with E-state index in [9.17, 15) is 9.59 Å². The van der Waals surface area contributed by atoms with E-state index in [4.69, 9.17) is 9.47 Å². The van der Waals surface area contributed by atoms with Crippen molar-refractivity contribution < 1.29 is 28.6 Å². The van der Waals surface area contributed by atoms with Crippen LogP contribution in [0.5, 0.6) is 6.01 Å². The van der Waals surface area contributed by atoms with Crippen LogP contribution in [0.15, 0.2) is 71.8 Å². The van der Waals surface area contributed by atoms with E-state index in [0.717, 1.165) is 22.3 Å². The van der Waals surface area contributed by atoms with Crippen LogP contribution in [0.25, 0.3) is 22.2 Å². The molecule has 0 unspecified atom stereocenters. The van der Waals surface area contributed by atoms with Crippen LogP contribution < -0.4 is 10.3 Å². The second-order valence-corrected chi connectivity index (χ2v) is 8.00. The lowest BCUT2D eigenvalue weighted by Crippen LogP contribution is -2.16. The first-order valence-corrected chi connectivity index (χ1v) is 12.1. The van der Waals surface area contributed by atoms with Crippen molar-refractivity contribution in [3.63, 3.8) is 0 Å². The molecule has 38 heavy (non-hydrogen) atoms. The smallest absolute Gasteiger partial charge is 0.465 e. The highest BCUT2D eigenvalue weighted by Crippen LogP contribution is 2.28. The van der Waals surface area contributed by atoms with E-state index in [1.165, 1.54) is 7.11 Å². The van der Waals surface area contributed by atoms with Crippen LogP contribution in [-0.2, 0) is 20.9 Å². The topological polar surface area (TPSA) is 113 Å². The lowest BCUT2D eigenvalue weighted by molar-refractivity contribution is 0.0205. The number of para-hydroxylation sites is 1. The van der Waals surface area contributed by atoms with Gasteiger partial charge in [-0.2, -0.15) is 10.1 Å². The second-order valence-electron chi connectivity index (χ2n) is 8.00. The number of carbonyl (C=O) groups excluding carboxylic acids is 2. The van der Waals surface area contributed by atoms with Crippen LogP contribution in [-0.4, -0.2) is 48.2 Å². The summed E-state index contributed by atoms with van der Waals surface area (Å²) < 4.78 is 17.3. The Hall–Kier alpha value is -4.86. The van der Waals surface area contributed by atoms with Gasteiger partial charge in [0.2, 0.25) is 0 Å². The van der Waals surface area contributed by atoms with Crippen molar-refractivity contribution in [2.45, 2.75) is 20.4 Å². The number of ether oxygens (including phenoxy) is 3. The van der Waals surface area contributed by atoms with Gasteiger partial charge in [-0.05, 0) is 42.7 Å². The van der Waals surface area contributed by atoms with E-state index in [0.29, 0.717) is 35.8 Å². The van der Waals surface area contributed by atoms with Crippen molar-refractivity contribution in [3.8, 4) is 17.1 Å². The van der Waals surface area contributed by atoms with Gasteiger partial charge in [-0.15, -0.1) is 5.59 Å². The van der Waals surface area contributed by atoms with Crippen molar-refractivity contribution >= 4 is 29.4 Å². The van der Waals surface area contributed by atoms with Gasteiger partial charge in [-0.3, -0.25) is 9.40 Å². The van der Waals surface area contributed by atoms with Crippen LogP contribution in [0.2, 0.25) is 0 Å². The molecule has 0 aliphatic heterocycles. The quantitative estimate of drug-likeness (QED) is 0.179. The summed E-state index contributed by atoms with van der Waals surface area (Å²) in [4.78, 5) is 32.9. The normalized spacial score (nSPS) is 10.9. The average molecular weight is 517 g/mol. The Morgan fingerprint density at radius 1 is 1.00 bits per heavy atom. The number of rotatable bonds is 10. The van der Waals surface area contributed by atoms with Crippen molar-refractivity contribution in [3.05, 3.63) is 83.4 Å². The standard InChI is InChI=1S/C28H28N4O6/c1-4-36-27-30-24-12-8-11-23(26(33)35-3)25(24)32(27)18-19-13-15-20(16-14-19)22-10-7-6-9-21(22)17-29-31-38-28(34)37-5-2/h6-17,31H,4-5,18H2,1-3H3. The zero-order valence-electron chi connectivity index (χ0n) is 21.3. The van der Waals surface area contributed by atoms with Gasteiger partial charge in [0.05, 0.1) is 49.7 Å². The summed E-state index contributed by atoms with van der Waals surface area (Å²) in [6, 6.07) is 21.5. The fourth-order valence-corrected chi connectivity index (χ4v) is 3.98. The molecule has 4 rings (SSSR count). The van der Waals surface area contributed by atoms with Crippen molar-refractivity contribution in [2.75, 3.05) is 20.3 Å². The molecule has 10 heteroatoms. The Morgan fingerprint density at radius 3 is 2.53 bits per heavy atom. The largest absolute Gasteiger partial charge is 0.534 e. The summed E-state index contributed by atoms with van der Waals surface area (Å²) in [5, 5.41) is 3.94. The molecule has 0 aliphatic carbocycles. The molecule has 0 spiro atoms. The Labute approximate surface area is 219 Å². The average Bonchev–Trinajstić information content (AvgIpc) is 3.28. The van der Waals surface area contributed by atoms with Gasteiger partial charge in [-0.1, -0.05) is 54.6 Å². The molecule has 0 bridgehead atoms. The molecule has 10 nitrogen and oxygen atoms in total. The SMILES string of the molecule is CCOC(=O)ONN=Cc1ccccc1-c1ccc(Cn2c(OCC)nc3cccc(C(=O)OC)c32)cc1. The van der Waals surface area contributed by atoms with Gasteiger partial charge in [0.15, 0.2) is 0 Å². The molecule has 0 atom stereocenters. The zero-order chi connectivity index (χ0) is 26.9. The number of methoxy groups -OCH3 is 1. The summed E-state index contributed by atoms with van der Waals surface area (Å²) in [6.45, 7) is 4.66. The molecule has 0 fully saturated rings. The number of hydrogen-bond acceptors (Lipinski definition) is 9. The summed E-state index contributed by atoms with van der Waals surface area (Å²) in [5.74, 6) is -0.435. The van der Waals surface area contributed by atoms with Crippen LogP contribution in [0.3, 0.4) is 0 Å². The third-order valence-electron chi connectivity index (χ3n) is 5.62. The summed E-state index contributed by atoms with van der Waals surface area (Å²) in [6.07, 6.45) is 0.702. The Balaban J connectivity index is 1.59. The maximum atomic E-state index is 12.4. The Kier molecular flexibility index (Phi) is 8.55. The minimum absolute atomic E-state index is 0.208. The van der Waals surface area contributed by atoms with E-state index >= 15 is 0 Å². The van der Waals surface area contributed by atoms with Gasteiger partial charge >= 0.3 is 12.1 Å². The number of nitrogens with one attached hydrogen (secondary N) is 1. The predicted molar refractivity (Wildman–Crippen MR) is 142 cm³/mol. The molecule has 0 saturated heterocycles. The van der Waals surface area contributed by atoms with Gasteiger partial charge in [0.25, 0.3) is 6.01 Å². The van der Waals surface area contributed by atoms with Gasteiger partial charge in [0.1, 0.15) is 0 Å². The van der Waals surface area contributed by atoms with E-state index in [1.54, 1.807) is 25.3 Å². The third-order valence-corrected chi connectivity index (χ3v) is 5.62. The van der Waals surface area contributed by atoms with Gasteiger partial charge in [0, 0.05) is 5.56 Å². The number of carbonyl (C=O) groups is 2. The number of fused-ring (bicyclic) bond motifs is 1. The van der Waals surface area contributed by atoms with E-state index in [2.05, 4.69) is 25.2 Å². The lowest BCUT2D eigenvalue weighted by atomic mass is 9.99. The number of benzene rings is 3. The van der Waals surface area contributed by atoms with E-state index < -0.39 is 12.1 Å². The molecule has 1 N–H and O–H groups in total. The molecule has 0 radical (unpaired) electrons. The predicted octanol–water partition coefficient (Wildman–Crippen LogP) is 4.95. The van der Waals surface area contributed by atoms with Gasteiger partial charge < -0.3 is 14.2 Å². The van der Waals surface area contributed by atoms with Crippen molar-refractivity contribution in [2.24, 2.45) is 5.10 Å². The zero-order valence-corrected chi connectivity index (χ0v) is 21.3. The molecule has 4 aromatic rings. The Bertz CT molecular complexity index is 1450. The monoisotopic (exact) mass is 516 g/mol. The highest BCUT2D eigenvalue weighted by molar-refractivity contribution is 6.02. The molecule has 1 aromatic heterocycles. The number of imidazole rings is 1. The Morgan fingerprint density at radius 2 is 1.79 bits per heavy atom. The molecular weight excluding hydrogens is 488 g/mol. The molecule has 0 amide bonds. The lowest BCUT2D eigenvalue weighted by Gasteiger charge is -2.12. The molecule has 0 saturated carbocycles. The first-order valence-electron chi connectivity index (χ1n) is 12.1. The van der Waals surface area contributed by atoms with Crippen LogP contribution in [0.4, 0.5) is 4.79 Å². The summed E-state index contributed by atoms with van der Waals surface area (Å²) in [5.41, 5.74) is 7.68. The number of hydrogen-bond donors (Lipinski definition) is 1. The minimum atomic E-state index is -0.856. The molecule has 0 aliphatic rings. The molecular formula is C28H28N4O6. The van der Waals surface area contributed by atoms with Crippen LogP contribution >= 0.6 is 0 Å². The van der Waals surface area contributed by atoms with Crippen molar-refractivity contribution in [1.29, 1.82) is 0 Å². The number of esters is 1. The second kappa shape index (κ2) is 12.4. The van der Waals surface area contributed by atoms with Crippen molar-refractivity contribution in [1.82, 2.24) is 15.1 Å². The maximum absolute atomic E-state index is 12.4. The maximum Gasteiger partial charge on any atom is 0.534 e. The summed E-state index contributed by atoms with van der Waals surface area (Å²) in [7, 11) is 1.36. The van der Waals surface area contributed by atoms with E-state index in [1.807, 2.05) is 66.1 Å². The molecule has 1 heterocycles. The number of hydrazone groups is 1. The fourth-order valence-electron chi connectivity index (χ4n) is 3.98. The van der Waals surface area contributed by atoms with E-state index in [-0.39, 0.29) is 6.61 Å². The number of aromatic nitrogens is 2. The minimum Gasteiger partial charge on any atom is -0.465 e. The third kappa shape index (κ3) is 5.92. The highest BCUT2D eigenvalue weighted by Gasteiger charge is 2.19. The summed E-state index contributed by atoms with van der Waals surface area (Å²) >= 11 is 0. The van der Waals surface area contributed by atoms with Gasteiger partial charge in [-0.25, -0.2) is 9.59 Å².